The summed E-state index contributed by atoms with van der Waals surface area (Å²) in [5, 5.41) is 12.6. The van der Waals surface area contributed by atoms with Crippen molar-refractivity contribution in [1.82, 2.24) is 0 Å². The lowest BCUT2D eigenvalue weighted by Crippen LogP contribution is -2.11. The third-order valence-electron chi connectivity index (χ3n) is 2.98. The van der Waals surface area contributed by atoms with Crippen molar-refractivity contribution in [3.63, 3.8) is 0 Å². The van der Waals surface area contributed by atoms with Gasteiger partial charge in [-0.25, -0.2) is 0 Å². The molecule has 0 saturated heterocycles. The van der Waals surface area contributed by atoms with Crippen molar-refractivity contribution >= 4 is 21.6 Å². The molecule has 19 heavy (non-hydrogen) atoms. The fourth-order valence-electron chi connectivity index (χ4n) is 1.91. The highest BCUT2D eigenvalue weighted by Crippen LogP contribution is 2.24. The van der Waals surface area contributed by atoms with E-state index in [0.29, 0.717) is 6.54 Å². The van der Waals surface area contributed by atoms with E-state index in [2.05, 4.69) is 40.3 Å². The molecule has 0 fully saturated rings. The van der Waals surface area contributed by atoms with Gasteiger partial charge < -0.3 is 5.32 Å². The molecule has 2 aromatic rings. The molecule has 0 aliphatic heterocycles. The van der Waals surface area contributed by atoms with E-state index in [0.717, 1.165) is 15.7 Å². The molecule has 1 atom stereocenters. The molecule has 0 saturated carbocycles. The zero-order valence-corrected chi connectivity index (χ0v) is 12.3. The number of hydrogen-bond acceptors (Lipinski definition) is 2. The third kappa shape index (κ3) is 3.59. The van der Waals surface area contributed by atoms with Crippen LogP contribution in [0.1, 0.15) is 17.0 Å². The Kier molecular flexibility index (Phi) is 4.59. The third-order valence-corrected chi connectivity index (χ3v) is 3.67. The number of aryl methyl sites for hydroxylation is 1. The summed E-state index contributed by atoms with van der Waals surface area (Å²) >= 11 is 3.51. The quantitative estimate of drug-likeness (QED) is 0.903. The molecule has 2 nitrogen and oxygen atoms in total. The average molecular weight is 315 g/mol. The molecule has 0 aliphatic rings. The molecule has 1 unspecified atom stereocenters. The summed E-state index contributed by atoms with van der Waals surface area (Å²) in [5.41, 5.74) is 3.26. The monoisotopic (exact) mass is 314 g/mol. The van der Waals surface area contributed by atoms with Crippen LogP contribution in [0, 0.1) is 18.3 Å². The fraction of sp³-hybridized carbons (Fsp3) is 0.188. The van der Waals surface area contributed by atoms with Crippen molar-refractivity contribution < 1.29 is 0 Å². The number of nitriles is 1. The molecule has 0 bridgehead atoms. The molecule has 0 aromatic heterocycles. The summed E-state index contributed by atoms with van der Waals surface area (Å²) in [6.45, 7) is 2.65. The number of nitrogens with one attached hydrogen (secondary N) is 1. The van der Waals surface area contributed by atoms with Crippen LogP contribution in [-0.2, 0) is 0 Å². The normalized spacial score (nSPS) is 11.6. The van der Waals surface area contributed by atoms with Crippen LogP contribution >= 0.6 is 15.9 Å². The number of rotatable bonds is 4. The van der Waals surface area contributed by atoms with Gasteiger partial charge in [-0.2, -0.15) is 5.26 Å². The maximum absolute atomic E-state index is 9.28. The Balaban J connectivity index is 2.09. The summed E-state index contributed by atoms with van der Waals surface area (Å²) in [5.74, 6) is -0.145. The van der Waals surface area contributed by atoms with Crippen molar-refractivity contribution in [2.24, 2.45) is 0 Å². The fourth-order valence-corrected chi connectivity index (χ4v) is 2.30. The van der Waals surface area contributed by atoms with E-state index in [1.54, 1.807) is 0 Å². The van der Waals surface area contributed by atoms with Crippen molar-refractivity contribution in [2.45, 2.75) is 12.8 Å². The lowest BCUT2D eigenvalue weighted by molar-refractivity contribution is 0.900. The van der Waals surface area contributed by atoms with E-state index in [-0.39, 0.29) is 5.92 Å². The minimum atomic E-state index is -0.145. The van der Waals surface area contributed by atoms with Gasteiger partial charge in [0.1, 0.15) is 0 Å². The predicted octanol–water partition coefficient (Wildman–Crippen LogP) is 4.48. The second-order valence-corrected chi connectivity index (χ2v) is 5.31. The van der Waals surface area contributed by atoms with Crippen LogP contribution in [-0.4, -0.2) is 6.54 Å². The Labute approximate surface area is 122 Å². The van der Waals surface area contributed by atoms with E-state index >= 15 is 0 Å². The first-order chi connectivity index (χ1) is 9.20. The van der Waals surface area contributed by atoms with Crippen LogP contribution in [0.3, 0.4) is 0 Å². The van der Waals surface area contributed by atoms with Crippen LogP contribution in [0.2, 0.25) is 0 Å². The van der Waals surface area contributed by atoms with Gasteiger partial charge in [-0.15, -0.1) is 0 Å². The van der Waals surface area contributed by atoms with Crippen LogP contribution in [0.5, 0.6) is 0 Å². The smallest absolute Gasteiger partial charge is 0.0885 e. The van der Waals surface area contributed by atoms with Gasteiger partial charge in [-0.05, 0) is 46.1 Å². The van der Waals surface area contributed by atoms with Crippen molar-refractivity contribution in [3.8, 4) is 6.07 Å². The summed E-state index contributed by atoms with van der Waals surface area (Å²) in [7, 11) is 0. The van der Waals surface area contributed by atoms with E-state index in [1.807, 2.05) is 42.5 Å². The summed E-state index contributed by atoms with van der Waals surface area (Å²) < 4.78 is 1.02. The topological polar surface area (TPSA) is 35.8 Å². The van der Waals surface area contributed by atoms with Gasteiger partial charge in [0.15, 0.2) is 0 Å². The molecule has 2 rings (SSSR count). The lowest BCUT2D eigenvalue weighted by atomic mass is 10.0. The zero-order chi connectivity index (χ0) is 13.7. The second kappa shape index (κ2) is 6.40. The molecule has 2 aromatic carbocycles. The van der Waals surface area contributed by atoms with E-state index in [1.165, 1.54) is 5.56 Å². The molecule has 1 N–H and O–H groups in total. The van der Waals surface area contributed by atoms with Crippen LogP contribution in [0.4, 0.5) is 5.69 Å². The molecule has 0 amide bonds. The number of benzene rings is 2. The predicted molar refractivity (Wildman–Crippen MR) is 82.2 cm³/mol. The van der Waals surface area contributed by atoms with Gasteiger partial charge >= 0.3 is 0 Å². The highest BCUT2D eigenvalue weighted by Gasteiger charge is 2.10. The molecule has 0 heterocycles. The average Bonchev–Trinajstić information content (AvgIpc) is 2.44. The molecule has 96 valence electrons. The number of anilines is 1. The van der Waals surface area contributed by atoms with Gasteiger partial charge in [0, 0.05) is 16.7 Å². The van der Waals surface area contributed by atoms with Gasteiger partial charge in [0.2, 0.25) is 0 Å². The molecule has 0 radical (unpaired) electrons. The Hall–Kier alpha value is -1.79. The number of halogens is 1. The SMILES string of the molecule is Cc1ccc(Br)c(NCC(C#N)c2ccccc2)c1. The van der Waals surface area contributed by atoms with Crippen LogP contribution in [0.15, 0.2) is 53.0 Å². The van der Waals surface area contributed by atoms with Crippen molar-refractivity contribution in [1.29, 1.82) is 5.26 Å². The molecular weight excluding hydrogens is 300 g/mol. The zero-order valence-electron chi connectivity index (χ0n) is 10.7. The highest BCUT2D eigenvalue weighted by atomic mass is 79.9. The Bertz CT molecular complexity index is 587. The molecule has 0 spiro atoms. The highest BCUT2D eigenvalue weighted by molar-refractivity contribution is 9.10. The maximum Gasteiger partial charge on any atom is 0.0885 e. The first-order valence-electron chi connectivity index (χ1n) is 6.15. The minimum Gasteiger partial charge on any atom is -0.382 e. The van der Waals surface area contributed by atoms with Gasteiger partial charge in [-0.3, -0.25) is 0 Å². The van der Waals surface area contributed by atoms with Gasteiger partial charge in [-0.1, -0.05) is 36.4 Å². The van der Waals surface area contributed by atoms with Gasteiger partial charge in [0.05, 0.1) is 12.0 Å². The van der Waals surface area contributed by atoms with E-state index in [9.17, 15) is 5.26 Å². The molecule has 3 heteroatoms. The maximum atomic E-state index is 9.28. The number of hydrogen-bond donors (Lipinski definition) is 1. The minimum absolute atomic E-state index is 0.145. The molecular formula is C16H15BrN2. The summed E-state index contributed by atoms with van der Waals surface area (Å²) in [6.07, 6.45) is 0. The largest absolute Gasteiger partial charge is 0.382 e. The Morgan fingerprint density at radius 3 is 2.63 bits per heavy atom. The molecule has 0 aliphatic carbocycles. The van der Waals surface area contributed by atoms with E-state index in [4.69, 9.17) is 0 Å². The first-order valence-corrected chi connectivity index (χ1v) is 6.94. The van der Waals surface area contributed by atoms with Crippen molar-refractivity contribution in [3.05, 3.63) is 64.1 Å². The Morgan fingerprint density at radius 1 is 1.21 bits per heavy atom. The van der Waals surface area contributed by atoms with E-state index < -0.39 is 0 Å². The summed E-state index contributed by atoms with van der Waals surface area (Å²) in [4.78, 5) is 0. The first kappa shape index (κ1) is 13.6. The second-order valence-electron chi connectivity index (χ2n) is 4.46. The lowest BCUT2D eigenvalue weighted by Gasteiger charge is -2.13. The number of nitrogens with zero attached hydrogens (tertiary/aromatic N) is 1. The van der Waals surface area contributed by atoms with Crippen molar-refractivity contribution in [2.75, 3.05) is 11.9 Å². The summed E-state index contributed by atoms with van der Waals surface area (Å²) in [6, 6.07) is 18.3. The van der Waals surface area contributed by atoms with Crippen LogP contribution < -0.4 is 5.32 Å². The van der Waals surface area contributed by atoms with Crippen LogP contribution in [0.25, 0.3) is 0 Å². The Morgan fingerprint density at radius 2 is 1.95 bits per heavy atom. The standard InChI is InChI=1S/C16H15BrN2/c1-12-7-8-15(17)16(9-12)19-11-14(10-18)13-5-3-2-4-6-13/h2-9,14,19H,11H2,1H3. The van der Waals surface area contributed by atoms with Gasteiger partial charge in [0.25, 0.3) is 0 Å².